The van der Waals surface area contributed by atoms with E-state index in [1.54, 1.807) is 4.90 Å². The molecule has 2 heterocycles. The number of hydrogen-bond donors (Lipinski definition) is 4. The zero-order chi connectivity index (χ0) is 13.3. The van der Waals surface area contributed by atoms with Crippen molar-refractivity contribution in [2.45, 2.75) is 49.9 Å². The number of aliphatic hydroxyl groups excluding tert-OH is 4. The monoisotopic (exact) mass is 277 g/mol. The van der Waals surface area contributed by atoms with Gasteiger partial charge in [-0.15, -0.1) is 0 Å². The third kappa shape index (κ3) is 2.52. The van der Waals surface area contributed by atoms with Crippen molar-refractivity contribution in [3.63, 3.8) is 0 Å². The molecule has 0 bridgehead atoms. The molecule has 2 aliphatic heterocycles. The van der Waals surface area contributed by atoms with Crippen LogP contribution in [0.2, 0.25) is 0 Å². The molecule has 1 unspecified atom stereocenters. The van der Waals surface area contributed by atoms with Crippen LogP contribution < -0.4 is 0 Å². The van der Waals surface area contributed by atoms with Crippen LogP contribution in [0.15, 0.2) is 0 Å². The molecule has 0 amide bonds. The molecule has 2 saturated heterocycles. The van der Waals surface area contributed by atoms with Crippen molar-refractivity contribution in [3.05, 3.63) is 0 Å². The lowest BCUT2D eigenvalue weighted by atomic mass is 9.97. The number of thiocarbonyl (C=S) groups is 1. The van der Waals surface area contributed by atoms with Gasteiger partial charge in [-0.05, 0) is 19.3 Å². The molecule has 0 aliphatic carbocycles. The van der Waals surface area contributed by atoms with Crippen molar-refractivity contribution in [2.24, 2.45) is 0 Å². The van der Waals surface area contributed by atoms with Gasteiger partial charge in [0.25, 0.3) is 0 Å². The van der Waals surface area contributed by atoms with Gasteiger partial charge >= 0.3 is 0 Å². The first-order valence-electron chi connectivity index (χ1n) is 6.16. The number of ether oxygens (including phenoxy) is 1. The van der Waals surface area contributed by atoms with Crippen LogP contribution in [-0.4, -0.2) is 74.1 Å². The van der Waals surface area contributed by atoms with Gasteiger partial charge in [0.2, 0.25) is 0 Å². The molecule has 0 aromatic heterocycles. The standard InChI is InChI=1S/C11H19NO5S/c13-5-6-8(14)9(15)10(16)11(17-6)12-4-2-1-3-7(12)18/h6,8-11,13-16H,1-5H2/t6-,8-,9+,10-,11?/m1/s1. The largest absolute Gasteiger partial charge is 0.394 e. The summed E-state index contributed by atoms with van der Waals surface area (Å²) in [6.07, 6.45) is -2.87. The summed E-state index contributed by atoms with van der Waals surface area (Å²) in [5.74, 6) is 0. The number of aliphatic hydroxyl groups is 4. The van der Waals surface area contributed by atoms with E-state index in [1.165, 1.54) is 0 Å². The topological polar surface area (TPSA) is 93.4 Å². The zero-order valence-electron chi connectivity index (χ0n) is 9.97. The van der Waals surface area contributed by atoms with Gasteiger partial charge in [-0.25, -0.2) is 0 Å². The molecule has 2 fully saturated rings. The number of piperidine rings is 1. The van der Waals surface area contributed by atoms with Crippen molar-refractivity contribution >= 4 is 17.2 Å². The minimum Gasteiger partial charge on any atom is -0.394 e. The zero-order valence-corrected chi connectivity index (χ0v) is 10.8. The molecule has 0 aromatic rings. The van der Waals surface area contributed by atoms with Gasteiger partial charge in [-0.1, -0.05) is 12.2 Å². The van der Waals surface area contributed by atoms with Crippen molar-refractivity contribution in [1.82, 2.24) is 4.90 Å². The average molecular weight is 277 g/mol. The predicted molar refractivity (Wildman–Crippen MR) is 66.9 cm³/mol. The summed E-state index contributed by atoms with van der Waals surface area (Å²) in [5.41, 5.74) is 0. The molecule has 7 heteroatoms. The summed E-state index contributed by atoms with van der Waals surface area (Å²) in [7, 11) is 0. The van der Waals surface area contributed by atoms with E-state index in [0.717, 1.165) is 19.3 Å². The number of hydrogen-bond acceptors (Lipinski definition) is 6. The van der Waals surface area contributed by atoms with Crippen LogP contribution in [-0.2, 0) is 4.74 Å². The predicted octanol–water partition coefficient (Wildman–Crippen LogP) is -1.40. The van der Waals surface area contributed by atoms with E-state index in [2.05, 4.69) is 0 Å². The highest BCUT2D eigenvalue weighted by Crippen LogP contribution is 2.26. The Balaban J connectivity index is 2.13. The van der Waals surface area contributed by atoms with E-state index in [0.29, 0.717) is 11.5 Å². The molecule has 2 rings (SSSR count). The van der Waals surface area contributed by atoms with E-state index in [4.69, 9.17) is 22.1 Å². The Labute approximate surface area is 111 Å². The second-order valence-electron chi connectivity index (χ2n) is 4.76. The van der Waals surface area contributed by atoms with Gasteiger partial charge < -0.3 is 30.1 Å². The van der Waals surface area contributed by atoms with Gasteiger partial charge in [0.15, 0.2) is 6.23 Å². The van der Waals surface area contributed by atoms with Crippen LogP contribution in [0.4, 0.5) is 0 Å². The number of rotatable bonds is 2. The van der Waals surface area contributed by atoms with Crippen LogP contribution in [0.25, 0.3) is 0 Å². The summed E-state index contributed by atoms with van der Waals surface area (Å²) < 4.78 is 5.47. The fourth-order valence-corrected chi connectivity index (χ4v) is 2.77. The fraction of sp³-hybridized carbons (Fsp3) is 0.909. The van der Waals surface area contributed by atoms with E-state index in [1.807, 2.05) is 0 Å². The SMILES string of the molecule is OC[C@H]1OC(N2CCCCC2=S)[C@H](O)[C@@H](O)[C@@H]1O. The van der Waals surface area contributed by atoms with Gasteiger partial charge in [-0.2, -0.15) is 0 Å². The summed E-state index contributed by atoms with van der Waals surface area (Å²) in [4.78, 5) is 2.42. The third-order valence-electron chi connectivity index (χ3n) is 3.53. The molecule has 104 valence electrons. The Bertz CT molecular complexity index is 314. The normalized spacial score (nSPS) is 42.1. The highest BCUT2D eigenvalue weighted by molar-refractivity contribution is 7.80. The molecule has 0 saturated carbocycles. The Hall–Kier alpha value is -0.310. The molecule has 5 atom stereocenters. The highest BCUT2D eigenvalue weighted by Gasteiger charge is 2.46. The summed E-state index contributed by atoms with van der Waals surface area (Å²) in [5, 5.41) is 38.5. The van der Waals surface area contributed by atoms with Crippen LogP contribution in [0.1, 0.15) is 19.3 Å². The molecule has 18 heavy (non-hydrogen) atoms. The Morgan fingerprint density at radius 2 is 1.89 bits per heavy atom. The van der Waals surface area contributed by atoms with Crippen molar-refractivity contribution < 1.29 is 25.2 Å². The molecule has 0 aromatic carbocycles. The Kier molecular flexibility index (Phi) is 4.52. The third-order valence-corrected chi connectivity index (χ3v) is 3.97. The Morgan fingerprint density at radius 1 is 1.17 bits per heavy atom. The number of likely N-dealkylation sites (tertiary alicyclic amines) is 1. The average Bonchev–Trinajstić information content (AvgIpc) is 2.38. The summed E-state index contributed by atoms with van der Waals surface area (Å²) in [6, 6.07) is 0. The molecular weight excluding hydrogens is 258 g/mol. The van der Waals surface area contributed by atoms with Crippen LogP contribution in [0, 0.1) is 0 Å². The maximum Gasteiger partial charge on any atom is 0.160 e. The van der Waals surface area contributed by atoms with Crippen LogP contribution in [0.5, 0.6) is 0 Å². The maximum atomic E-state index is 9.97. The van der Waals surface area contributed by atoms with Gasteiger partial charge in [0, 0.05) is 6.54 Å². The lowest BCUT2D eigenvalue weighted by Gasteiger charge is -2.46. The van der Waals surface area contributed by atoms with E-state index in [9.17, 15) is 15.3 Å². The lowest BCUT2D eigenvalue weighted by molar-refractivity contribution is -0.255. The van der Waals surface area contributed by atoms with Crippen molar-refractivity contribution in [1.29, 1.82) is 0 Å². The van der Waals surface area contributed by atoms with Crippen molar-refractivity contribution in [2.75, 3.05) is 13.2 Å². The van der Waals surface area contributed by atoms with Crippen LogP contribution in [0.3, 0.4) is 0 Å². The lowest BCUT2D eigenvalue weighted by Crippen LogP contribution is -2.64. The van der Waals surface area contributed by atoms with E-state index < -0.39 is 37.3 Å². The first kappa shape index (κ1) is 14.1. The minimum absolute atomic E-state index is 0.415. The van der Waals surface area contributed by atoms with Crippen LogP contribution >= 0.6 is 12.2 Å². The van der Waals surface area contributed by atoms with Gasteiger partial charge in [0.05, 0.1) is 11.6 Å². The first-order valence-corrected chi connectivity index (χ1v) is 6.57. The smallest absolute Gasteiger partial charge is 0.160 e. The fourth-order valence-electron chi connectivity index (χ4n) is 2.44. The van der Waals surface area contributed by atoms with E-state index in [-0.39, 0.29) is 0 Å². The van der Waals surface area contributed by atoms with Gasteiger partial charge in [0.1, 0.15) is 24.4 Å². The molecule has 4 N–H and O–H groups in total. The summed E-state index contributed by atoms with van der Waals surface area (Å²) in [6.45, 7) is 0.240. The highest BCUT2D eigenvalue weighted by atomic mass is 32.1. The number of nitrogens with zero attached hydrogens (tertiary/aromatic N) is 1. The Morgan fingerprint density at radius 3 is 2.50 bits per heavy atom. The maximum absolute atomic E-state index is 9.97. The minimum atomic E-state index is -1.34. The first-order chi connectivity index (χ1) is 8.56. The second kappa shape index (κ2) is 5.77. The summed E-state index contributed by atoms with van der Waals surface area (Å²) >= 11 is 5.23. The second-order valence-corrected chi connectivity index (χ2v) is 5.23. The molecular formula is C11H19NO5S. The van der Waals surface area contributed by atoms with E-state index >= 15 is 0 Å². The van der Waals surface area contributed by atoms with Gasteiger partial charge in [-0.3, -0.25) is 0 Å². The molecule has 2 aliphatic rings. The molecule has 6 nitrogen and oxygen atoms in total. The molecule has 0 radical (unpaired) electrons. The van der Waals surface area contributed by atoms with Crippen molar-refractivity contribution in [3.8, 4) is 0 Å². The quantitative estimate of drug-likeness (QED) is 0.461. The molecule has 0 spiro atoms.